The Morgan fingerprint density at radius 3 is 2.60 bits per heavy atom. The Morgan fingerprint density at radius 1 is 1.30 bits per heavy atom. The Kier molecular flexibility index (Phi) is 5.18. The molecule has 1 saturated carbocycles. The van der Waals surface area contributed by atoms with Crippen molar-refractivity contribution in [3.8, 4) is 0 Å². The summed E-state index contributed by atoms with van der Waals surface area (Å²) >= 11 is 0. The van der Waals surface area contributed by atoms with E-state index in [2.05, 4.69) is 12.2 Å². The zero-order valence-electron chi connectivity index (χ0n) is 12.4. The summed E-state index contributed by atoms with van der Waals surface area (Å²) in [5.41, 5.74) is 7.52. The predicted molar refractivity (Wildman–Crippen MR) is 82.2 cm³/mol. The van der Waals surface area contributed by atoms with Gasteiger partial charge in [-0.1, -0.05) is 50.1 Å². The summed E-state index contributed by atoms with van der Waals surface area (Å²) in [4.78, 5) is 11.9. The number of nitrogens with two attached hydrogens (primary N) is 1. The number of carbonyl (C=O) groups is 1. The van der Waals surface area contributed by atoms with Crippen LogP contribution in [0.2, 0.25) is 0 Å². The average molecular weight is 274 g/mol. The molecule has 3 N–H and O–H groups in total. The molecule has 0 aromatic heterocycles. The smallest absolute Gasteiger partial charge is 0.220 e. The second kappa shape index (κ2) is 6.89. The van der Waals surface area contributed by atoms with Crippen LogP contribution < -0.4 is 11.1 Å². The molecule has 2 rings (SSSR count). The average Bonchev–Trinajstić information content (AvgIpc) is 2.91. The van der Waals surface area contributed by atoms with Gasteiger partial charge in [-0.25, -0.2) is 0 Å². The van der Waals surface area contributed by atoms with E-state index < -0.39 is 0 Å². The van der Waals surface area contributed by atoms with Gasteiger partial charge in [0.2, 0.25) is 5.91 Å². The lowest BCUT2D eigenvalue weighted by Crippen LogP contribution is -2.34. The van der Waals surface area contributed by atoms with Crippen LogP contribution in [0.25, 0.3) is 0 Å². The van der Waals surface area contributed by atoms with Gasteiger partial charge >= 0.3 is 0 Å². The minimum absolute atomic E-state index is 0.0518. The Labute approximate surface area is 121 Å². The van der Waals surface area contributed by atoms with Crippen LogP contribution in [0, 0.1) is 5.41 Å². The highest BCUT2D eigenvalue weighted by molar-refractivity contribution is 5.75. The molecule has 110 valence electrons. The van der Waals surface area contributed by atoms with Crippen molar-refractivity contribution < 1.29 is 4.79 Å². The lowest BCUT2D eigenvalue weighted by molar-refractivity contribution is -0.121. The van der Waals surface area contributed by atoms with Crippen molar-refractivity contribution in [2.24, 2.45) is 11.1 Å². The number of benzene rings is 1. The SMILES string of the molecule is CC1(CNC(=O)CCC(N)c2ccccc2)CCCC1. The molecule has 0 saturated heterocycles. The fourth-order valence-electron chi connectivity index (χ4n) is 2.96. The summed E-state index contributed by atoms with van der Waals surface area (Å²) in [5, 5.41) is 3.08. The molecule has 3 heteroatoms. The maximum absolute atomic E-state index is 11.9. The van der Waals surface area contributed by atoms with Gasteiger partial charge in [0, 0.05) is 19.0 Å². The number of nitrogens with one attached hydrogen (secondary N) is 1. The van der Waals surface area contributed by atoms with E-state index in [-0.39, 0.29) is 11.9 Å². The summed E-state index contributed by atoms with van der Waals surface area (Å²) in [6.45, 7) is 3.09. The molecular formula is C17H26N2O. The number of hydrogen-bond donors (Lipinski definition) is 2. The van der Waals surface area contributed by atoms with Crippen LogP contribution in [-0.4, -0.2) is 12.5 Å². The summed E-state index contributed by atoms with van der Waals surface area (Å²) < 4.78 is 0. The zero-order chi connectivity index (χ0) is 14.4. The van der Waals surface area contributed by atoms with E-state index in [0.29, 0.717) is 18.3 Å². The van der Waals surface area contributed by atoms with Crippen LogP contribution in [0.1, 0.15) is 57.1 Å². The van der Waals surface area contributed by atoms with Crippen LogP contribution in [0.5, 0.6) is 0 Å². The van der Waals surface area contributed by atoms with Gasteiger partial charge in [-0.05, 0) is 30.2 Å². The monoisotopic (exact) mass is 274 g/mol. The number of carbonyl (C=O) groups excluding carboxylic acids is 1. The van der Waals surface area contributed by atoms with Crippen molar-refractivity contribution in [2.75, 3.05) is 6.54 Å². The molecule has 1 aromatic rings. The van der Waals surface area contributed by atoms with Crippen molar-refractivity contribution in [1.29, 1.82) is 0 Å². The topological polar surface area (TPSA) is 55.1 Å². The van der Waals surface area contributed by atoms with Gasteiger partial charge < -0.3 is 11.1 Å². The quantitative estimate of drug-likeness (QED) is 0.837. The zero-order valence-corrected chi connectivity index (χ0v) is 12.4. The molecule has 1 amide bonds. The highest BCUT2D eigenvalue weighted by atomic mass is 16.1. The molecule has 1 aromatic carbocycles. The van der Waals surface area contributed by atoms with Crippen LogP contribution >= 0.6 is 0 Å². The molecule has 1 fully saturated rings. The van der Waals surface area contributed by atoms with Crippen molar-refractivity contribution in [1.82, 2.24) is 5.32 Å². The lowest BCUT2D eigenvalue weighted by Gasteiger charge is -2.23. The standard InChI is InChI=1S/C17H26N2O/c1-17(11-5-6-12-17)13-19-16(20)10-9-15(18)14-7-3-2-4-8-14/h2-4,7-8,15H,5-6,9-13,18H2,1H3,(H,19,20). The first-order chi connectivity index (χ1) is 9.59. The first-order valence-corrected chi connectivity index (χ1v) is 7.66. The van der Waals surface area contributed by atoms with E-state index in [4.69, 9.17) is 5.73 Å². The van der Waals surface area contributed by atoms with Crippen LogP contribution in [0.15, 0.2) is 30.3 Å². The molecule has 1 aliphatic carbocycles. The summed E-state index contributed by atoms with van der Waals surface area (Å²) in [5.74, 6) is 0.129. The third kappa shape index (κ3) is 4.34. The normalized spacial score (nSPS) is 18.7. The second-order valence-corrected chi connectivity index (χ2v) is 6.35. The maximum atomic E-state index is 11.9. The Bertz CT molecular complexity index is 424. The highest BCUT2D eigenvalue weighted by Crippen LogP contribution is 2.36. The largest absolute Gasteiger partial charge is 0.356 e. The molecule has 0 spiro atoms. The summed E-state index contributed by atoms with van der Waals surface area (Å²) in [6, 6.07) is 9.92. The van der Waals surface area contributed by atoms with Gasteiger partial charge in [-0.15, -0.1) is 0 Å². The molecule has 20 heavy (non-hydrogen) atoms. The molecule has 0 heterocycles. The first-order valence-electron chi connectivity index (χ1n) is 7.66. The third-order valence-corrected chi connectivity index (χ3v) is 4.43. The third-order valence-electron chi connectivity index (χ3n) is 4.43. The van der Waals surface area contributed by atoms with Crippen LogP contribution in [-0.2, 0) is 4.79 Å². The molecule has 0 radical (unpaired) electrons. The minimum Gasteiger partial charge on any atom is -0.356 e. The maximum Gasteiger partial charge on any atom is 0.220 e. The van der Waals surface area contributed by atoms with Gasteiger partial charge in [-0.3, -0.25) is 4.79 Å². The van der Waals surface area contributed by atoms with Gasteiger partial charge in [0.05, 0.1) is 0 Å². The minimum atomic E-state index is -0.0518. The van der Waals surface area contributed by atoms with E-state index in [1.807, 2.05) is 30.3 Å². The van der Waals surface area contributed by atoms with E-state index in [1.54, 1.807) is 0 Å². The number of amides is 1. The Balaban J connectivity index is 1.70. The fraction of sp³-hybridized carbons (Fsp3) is 0.588. The molecule has 1 atom stereocenters. The summed E-state index contributed by atoms with van der Waals surface area (Å²) in [7, 11) is 0. The second-order valence-electron chi connectivity index (χ2n) is 6.35. The number of hydrogen-bond acceptors (Lipinski definition) is 2. The van der Waals surface area contributed by atoms with Crippen LogP contribution in [0.4, 0.5) is 0 Å². The van der Waals surface area contributed by atoms with Gasteiger partial charge in [0.1, 0.15) is 0 Å². The number of rotatable bonds is 6. The Hall–Kier alpha value is -1.35. The van der Waals surface area contributed by atoms with Crippen molar-refractivity contribution in [2.45, 2.75) is 51.5 Å². The summed E-state index contributed by atoms with van der Waals surface area (Å²) in [6.07, 6.45) is 6.27. The molecular weight excluding hydrogens is 248 g/mol. The van der Waals surface area contributed by atoms with Gasteiger partial charge in [0.25, 0.3) is 0 Å². The van der Waals surface area contributed by atoms with Crippen molar-refractivity contribution in [3.05, 3.63) is 35.9 Å². The van der Waals surface area contributed by atoms with E-state index in [9.17, 15) is 4.79 Å². The predicted octanol–water partition coefficient (Wildman–Crippen LogP) is 3.16. The fourth-order valence-corrected chi connectivity index (χ4v) is 2.96. The van der Waals surface area contributed by atoms with E-state index >= 15 is 0 Å². The molecule has 3 nitrogen and oxygen atoms in total. The first kappa shape index (κ1) is 15.0. The van der Waals surface area contributed by atoms with Crippen molar-refractivity contribution >= 4 is 5.91 Å². The molecule has 1 unspecified atom stereocenters. The van der Waals surface area contributed by atoms with E-state index in [1.165, 1.54) is 25.7 Å². The molecule has 0 aliphatic heterocycles. The van der Waals surface area contributed by atoms with Gasteiger partial charge in [-0.2, -0.15) is 0 Å². The Morgan fingerprint density at radius 2 is 1.95 bits per heavy atom. The molecule has 0 bridgehead atoms. The van der Waals surface area contributed by atoms with Crippen LogP contribution in [0.3, 0.4) is 0 Å². The van der Waals surface area contributed by atoms with Crippen molar-refractivity contribution in [3.63, 3.8) is 0 Å². The van der Waals surface area contributed by atoms with Gasteiger partial charge in [0.15, 0.2) is 0 Å². The molecule has 1 aliphatic rings. The van der Waals surface area contributed by atoms with E-state index in [0.717, 1.165) is 12.1 Å². The highest BCUT2D eigenvalue weighted by Gasteiger charge is 2.28. The lowest BCUT2D eigenvalue weighted by atomic mass is 9.89.